The fourth-order valence-corrected chi connectivity index (χ4v) is 3.44. The highest BCUT2D eigenvalue weighted by Gasteiger charge is 2.10. The summed E-state index contributed by atoms with van der Waals surface area (Å²) in [6.07, 6.45) is 6.97. The average molecular weight is 370 g/mol. The third-order valence-corrected chi connectivity index (χ3v) is 5.00. The van der Waals surface area contributed by atoms with Gasteiger partial charge in [0.1, 0.15) is 12.2 Å². The van der Waals surface area contributed by atoms with E-state index in [1.165, 1.54) is 49.9 Å². The van der Waals surface area contributed by atoms with Crippen molar-refractivity contribution in [1.29, 1.82) is 0 Å². The minimum atomic E-state index is 0.588. The van der Waals surface area contributed by atoms with Crippen LogP contribution in [0.4, 0.5) is 0 Å². The van der Waals surface area contributed by atoms with Gasteiger partial charge in [0.2, 0.25) is 0 Å². The largest absolute Gasteiger partial charge is 0.352 e. The van der Waals surface area contributed by atoms with Gasteiger partial charge in [-0.3, -0.25) is 14.6 Å². The van der Waals surface area contributed by atoms with Gasteiger partial charge in [-0.1, -0.05) is 37.1 Å². The number of aliphatic imine (C=N–C) groups is 1. The fraction of sp³-hybridized carbons (Fsp3) is 0.550. The summed E-state index contributed by atoms with van der Waals surface area (Å²) in [5, 5.41) is 10.7. The van der Waals surface area contributed by atoms with Crippen LogP contribution in [-0.2, 0) is 26.7 Å². The zero-order valence-corrected chi connectivity index (χ0v) is 16.5. The second-order valence-electron chi connectivity index (χ2n) is 7.09. The van der Waals surface area contributed by atoms with Crippen molar-refractivity contribution < 1.29 is 0 Å². The Morgan fingerprint density at radius 1 is 1.07 bits per heavy atom. The van der Waals surface area contributed by atoms with Crippen molar-refractivity contribution in [3.05, 3.63) is 47.5 Å². The molecule has 0 radical (unpaired) electrons. The number of guanidine groups is 1. The molecule has 0 aliphatic carbocycles. The molecule has 1 aliphatic heterocycles. The Morgan fingerprint density at radius 2 is 1.81 bits per heavy atom. The van der Waals surface area contributed by atoms with Crippen LogP contribution in [0.5, 0.6) is 0 Å². The molecule has 0 spiro atoms. The summed E-state index contributed by atoms with van der Waals surface area (Å²) in [4.78, 5) is 11.1. The van der Waals surface area contributed by atoms with E-state index in [9.17, 15) is 0 Å². The number of nitrogens with zero attached hydrogens (tertiary/aromatic N) is 5. The lowest BCUT2D eigenvalue weighted by Crippen LogP contribution is -2.37. The second kappa shape index (κ2) is 10.1. The van der Waals surface area contributed by atoms with Crippen molar-refractivity contribution in [3.63, 3.8) is 0 Å². The zero-order valence-electron chi connectivity index (χ0n) is 16.5. The molecule has 2 heterocycles. The molecule has 27 heavy (non-hydrogen) atoms. The molecule has 0 saturated carbocycles. The van der Waals surface area contributed by atoms with Gasteiger partial charge in [0.25, 0.3) is 0 Å². The topological polar surface area (TPSA) is 70.4 Å². The number of hydrogen-bond acceptors (Lipinski definition) is 4. The first-order valence-electron chi connectivity index (χ1n) is 9.82. The van der Waals surface area contributed by atoms with Gasteiger partial charge in [-0.15, -0.1) is 0 Å². The van der Waals surface area contributed by atoms with E-state index < -0.39 is 0 Å². The Bertz CT molecular complexity index is 729. The summed E-state index contributed by atoms with van der Waals surface area (Å²) in [6, 6.07) is 8.85. The Kier molecular flexibility index (Phi) is 7.21. The monoisotopic (exact) mass is 369 g/mol. The highest BCUT2D eigenvalue weighted by molar-refractivity contribution is 5.79. The van der Waals surface area contributed by atoms with E-state index in [1.807, 2.05) is 7.05 Å². The van der Waals surface area contributed by atoms with E-state index in [2.05, 4.69) is 54.9 Å². The Morgan fingerprint density at radius 3 is 2.52 bits per heavy atom. The summed E-state index contributed by atoms with van der Waals surface area (Å²) in [6.45, 7) is 4.83. The van der Waals surface area contributed by atoms with Crippen LogP contribution in [0.3, 0.4) is 0 Å². The van der Waals surface area contributed by atoms with E-state index >= 15 is 0 Å². The van der Waals surface area contributed by atoms with Gasteiger partial charge >= 0.3 is 0 Å². The molecule has 3 rings (SSSR count). The Hall–Kier alpha value is -2.41. The molecule has 7 heteroatoms. The number of rotatable bonds is 6. The molecule has 0 atom stereocenters. The first-order chi connectivity index (χ1) is 13.2. The molecule has 2 aromatic rings. The maximum Gasteiger partial charge on any atom is 0.191 e. The van der Waals surface area contributed by atoms with Crippen LogP contribution in [0.2, 0.25) is 0 Å². The van der Waals surface area contributed by atoms with Gasteiger partial charge in [-0.25, -0.2) is 4.98 Å². The van der Waals surface area contributed by atoms with Crippen molar-refractivity contribution in [2.75, 3.05) is 20.1 Å². The van der Waals surface area contributed by atoms with Crippen molar-refractivity contribution in [2.45, 2.75) is 45.3 Å². The summed E-state index contributed by atoms with van der Waals surface area (Å²) in [7, 11) is 3.66. The molecular formula is C20H31N7. The van der Waals surface area contributed by atoms with Gasteiger partial charge in [0.15, 0.2) is 5.96 Å². The SMILES string of the molecule is CN=C(NCc1cccc(CN2CCCCCC2)c1)NCc1ncnn1C. The number of nitrogens with one attached hydrogen (secondary N) is 2. The fourth-order valence-electron chi connectivity index (χ4n) is 3.44. The van der Waals surface area contributed by atoms with E-state index in [0.717, 1.165) is 24.9 Å². The predicted octanol–water partition coefficient (Wildman–Crippen LogP) is 2.06. The lowest BCUT2D eigenvalue weighted by Gasteiger charge is -2.20. The molecule has 1 fully saturated rings. The van der Waals surface area contributed by atoms with Gasteiger partial charge in [0.05, 0.1) is 6.54 Å². The maximum atomic E-state index is 4.29. The Balaban J connectivity index is 1.50. The minimum absolute atomic E-state index is 0.588. The lowest BCUT2D eigenvalue weighted by atomic mass is 10.1. The summed E-state index contributed by atoms with van der Waals surface area (Å²) in [5.74, 6) is 1.63. The molecule has 1 saturated heterocycles. The molecule has 0 bridgehead atoms. The standard InChI is InChI=1S/C20H31N7/c1-21-20(23-14-19-24-16-25-26(19)2)22-13-17-8-7-9-18(12-17)15-27-10-5-3-4-6-11-27/h7-9,12,16H,3-6,10-11,13-15H2,1-2H3,(H2,21,22,23). The first-order valence-corrected chi connectivity index (χ1v) is 9.82. The van der Waals surface area contributed by atoms with Crippen LogP contribution in [0.25, 0.3) is 0 Å². The quantitative estimate of drug-likeness (QED) is 0.602. The highest BCUT2D eigenvalue weighted by Crippen LogP contribution is 2.14. The lowest BCUT2D eigenvalue weighted by molar-refractivity contribution is 0.277. The molecule has 0 amide bonds. The maximum absolute atomic E-state index is 4.29. The van der Waals surface area contributed by atoms with Crippen molar-refractivity contribution >= 4 is 5.96 Å². The van der Waals surface area contributed by atoms with Gasteiger partial charge in [0, 0.05) is 27.2 Å². The van der Waals surface area contributed by atoms with E-state index in [4.69, 9.17) is 0 Å². The van der Waals surface area contributed by atoms with E-state index in [-0.39, 0.29) is 0 Å². The van der Waals surface area contributed by atoms with Crippen LogP contribution in [0, 0.1) is 0 Å². The first kappa shape index (κ1) is 19.4. The van der Waals surface area contributed by atoms with Crippen LogP contribution in [-0.4, -0.2) is 45.8 Å². The molecule has 1 aromatic carbocycles. The number of benzene rings is 1. The van der Waals surface area contributed by atoms with Crippen LogP contribution in [0.15, 0.2) is 35.6 Å². The number of aryl methyl sites for hydroxylation is 1. The van der Waals surface area contributed by atoms with Crippen molar-refractivity contribution in [3.8, 4) is 0 Å². The summed E-state index contributed by atoms with van der Waals surface area (Å²) in [5.41, 5.74) is 2.65. The normalized spacial score (nSPS) is 16.1. The molecule has 1 aromatic heterocycles. The van der Waals surface area contributed by atoms with Gasteiger partial charge < -0.3 is 10.6 Å². The minimum Gasteiger partial charge on any atom is -0.352 e. The van der Waals surface area contributed by atoms with Crippen molar-refractivity contribution in [2.24, 2.45) is 12.0 Å². The van der Waals surface area contributed by atoms with Crippen LogP contribution < -0.4 is 10.6 Å². The van der Waals surface area contributed by atoms with Gasteiger partial charge in [-0.2, -0.15) is 5.10 Å². The molecule has 7 nitrogen and oxygen atoms in total. The molecular weight excluding hydrogens is 338 g/mol. The second-order valence-corrected chi connectivity index (χ2v) is 7.09. The molecule has 0 unspecified atom stereocenters. The summed E-state index contributed by atoms with van der Waals surface area (Å²) >= 11 is 0. The van der Waals surface area contributed by atoms with Crippen molar-refractivity contribution in [1.82, 2.24) is 30.3 Å². The van der Waals surface area contributed by atoms with Crippen LogP contribution in [0.1, 0.15) is 42.6 Å². The smallest absolute Gasteiger partial charge is 0.191 e. The number of aromatic nitrogens is 3. The third kappa shape index (κ3) is 6.06. The zero-order chi connectivity index (χ0) is 18.9. The Labute approximate surface area is 161 Å². The van der Waals surface area contributed by atoms with Gasteiger partial charge in [-0.05, 0) is 37.1 Å². The molecule has 1 aliphatic rings. The predicted molar refractivity (Wildman–Crippen MR) is 108 cm³/mol. The number of likely N-dealkylation sites (tertiary alicyclic amines) is 1. The van der Waals surface area contributed by atoms with E-state index in [1.54, 1.807) is 18.1 Å². The summed E-state index contributed by atoms with van der Waals surface area (Å²) < 4.78 is 1.76. The average Bonchev–Trinajstić information content (AvgIpc) is 2.92. The highest BCUT2D eigenvalue weighted by atomic mass is 15.3. The molecule has 2 N–H and O–H groups in total. The number of hydrogen-bond donors (Lipinski definition) is 2. The molecule has 146 valence electrons. The van der Waals surface area contributed by atoms with Crippen LogP contribution >= 0.6 is 0 Å². The van der Waals surface area contributed by atoms with E-state index in [0.29, 0.717) is 6.54 Å². The third-order valence-electron chi connectivity index (χ3n) is 5.00.